The van der Waals surface area contributed by atoms with Gasteiger partial charge in [-0.25, -0.2) is 4.79 Å². The molecule has 0 aromatic carbocycles. The van der Waals surface area contributed by atoms with Gasteiger partial charge in [0.25, 0.3) is 0 Å². The van der Waals surface area contributed by atoms with Crippen molar-refractivity contribution in [2.24, 2.45) is 0 Å². The summed E-state index contributed by atoms with van der Waals surface area (Å²) >= 11 is 0. The van der Waals surface area contributed by atoms with E-state index in [-0.39, 0.29) is 6.61 Å². The maximum Gasteiger partial charge on any atom is 0.501 e. The number of hydrogen-bond acceptors (Lipinski definition) is 11. The van der Waals surface area contributed by atoms with Crippen LogP contribution in [0.3, 0.4) is 0 Å². The molecule has 0 N–H and O–H groups in total. The smallest absolute Gasteiger partial charge is 0.462 e. The van der Waals surface area contributed by atoms with E-state index in [0.29, 0.717) is 97.3 Å². The number of carbonyl (C=O) groups is 1. The third-order valence-corrected chi connectivity index (χ3v) is 8.80. The summed E-state index contributed by atoms with van der Waals surface area (Å²) in [5.74, 6) is -0.423. The summed E-state index contributed by atoms with van der Waals surface area (Å²) in [5.41, 5.74) is 0.356. The van der Waals surface area contributed by atoms with E-state index >= 15 is 0 Å². The monoisotopic (exact) mass is 638 g/mol. The Bertz CT molecular complexity index is 569. The number of hydrogen-bond donors (Lipinski definition) is 0. The predicted molar refractivity (Wildman–Crippen MR) is 168 cm³/mol. The first-order valence-corrected chi connectivity index (χ1v) is 18.1. The van der Waals surface area contributed by atoms with Crippen LogP contribution in [0.4, 0.5) is 0 Å². The molecule has 0 atom stereocenters. The van der Waals surface area contributed by atoms with E-state index in [0.717, 1.165) is 58.3 Å². The molecule has 0 saturated heterocycles. The van der Waals surface area contributed by atoms with Crippen molar-refractivity contribution < 1.29 is 51.2 Å². The van der Waals surface area contributed by atoms with Gasteiger partial charge < -0.3 is 46.4 Å². The Morgan fingerprint density at radius 3 is 1.14 bits per heavy atom. The summed E-state index contributed by atoms with van der Waals surface area (Å²) in [7, 11) is -3.20. The van der Waals surface area contributed by atoms with E-state index in [4.69, 9.17) is 46.4 Å². The predicted octanol–water partition coefficient (Wildman–Crippen LogP) is 4.98. The van der Waals surface area contributed by atoms with Crippen molar-refractivity contribution in [3.05, 3.63) is 12.2 Å². The van der Waals surface area contributed by atoms with Gasteiger partial charge >= 0.3 is 14.8 Å². The molecule has 0 aliphatic heterocycles. The van der Waals surface area contributed by atoms with Crippen LogP contribution in [-0.2, 0) is 51.2 Å². The molecule has 0 heterocycles. The van der Waals surface area contributed by atoms with Crippen molar-refractivity contribution in [3.8, 4) is 0 Å². The molecule has 0 aliphatic rings. The summed E-state index contributed by atoms with van der Waals surface area (Å²) < 4.78 is 57.9. The molecular formula is C31H62O11Si. The van der Waals surface area contributed by atoms with E-state index in [2.05, 4.69) is 27.4 Å². The summed E-state index contributed by atoms with van der Waals surface area (Å²) in [6, 6.07) is 0.455. The van der Waals surface area contributed by atoms with Crippen LogP contribution in [0, 0.1) is 0 Å². The number of ether oxygens (including phenoxy) is 7. The molecule has 11 nitrogen and oxygen atoms in total. The van der Waals surface area contributed by atoms with Gasteiger partial charge in [-0.3, -0.25) is 0 Å². The average molecular weight is 639 g/mol. The molecule has 0 aromatic rings. The highest BCUT2D eigenvalue weighted by Gasteiger charge is 2.41. The van der Waals surface area contributed by atoms with Gasteiger partial charge in [-0.15, -0.1) is 0 Å². The molecule has 12 heteroatoms. The van der Waals surface area contributed by atoms with Crippen LogP contribution in [0.1, 0.15) is 72.6 Å². The Kier molecular flexibility index (Phi) is 31.8. The minimum atomic E-state index is -3.20. The molecule has 0 unspecified atom stereocenters. The molecule has 0 fully saturated rings. The molecule has 0 aromatic heterocycles. The van der Waals surface area contributed by atoms with Crippen LogP contribution >= 0.6 is 0 Å². The lowest BCUT2D eigenvalue weighted by Crippen LogP contribution is -2.48. The Labute approximate surface area is 262 Å². The zero-order valence-electron chi connectivity index (χ0n) is 27.7. The van der Waals surface area contributed by atoms with Crippen molar-refractivity contribution in [3.63, 3.8) is 0 Å². The van der Waals surface area contributed by atoms with E-state index in [1.807, 2.05) is 0 Å². The van der Waals surface area contributed by atoms with Gasteiger partial charge in [0.2, 0.25) is 0 Å². The van der Waals surface area contributed by atoms with Gasteiger partial charge in [0.1, 0.15) is 0 Å². The third kappa shape index (κ3) is 28.3. The Balaban J connectivity index is 4.92. The van der Waals surface area contributed by atoms with Gasteiger partial charge in [0.15, 0.2) is 0 Å². The SMILES string of the molecule is C=C(C)C(=O)OCCC[Si](OCCOCCOCCCC)(OCCOCCOCCCC)OCCOCCOCCCC. The van der Waals surface area contributed by atoms with Crippen LogP contribution in [0.25, 0.3) is 0 Å². The largest absolute Gasteiger partial charge is 0.501 e. The van der Waals surface area contributed by atoms with Crippen LogP contribution in [-0.4, -0.2) is 120 Å². The lowest BCUT2D eigenvalue weighted by atomic mass is 10.4. The highest BCUT2D eigenvalue weighted by molar-refractivity contribution is 6.60. The minimum absolute atomic E-state index is 0.208. The van der Waals surface area contributed by atoms with E-state index in [1.54, 1.807) is 6.92 Å². The Hall–Kier alpha value is -0.933. The fourth-order valence-electron chi connectivity index (χ4n) is 3.39. The highest BCUT2D eigenvalue weighted by Crippen LogP contribution is 2.19. The molecule has 0 radical (unpaired) electrons. The molecule has 43 heavy (non-hydrogen) atoms. The summed E-state index contributed by atoms with van der Waals surface area (Å²) in [6.45, 7) is 19.2. The van der Waals surface area contributed by atoms with E-state index in [9.17, 15) is 4.79 Å². The maximum absolute atomic E-state index is 11.8. The molecule has 0 aliphatic carbocycles. The third-order valence-electron chi connectivity index (χ3n) is 5.90. The standard InChI is InChI=1S/C31H62O11Si/c1-6-9-13-33-17-20-36-23-26-40-43(29-12-16-39-31(32)30(4)5,41-27-24-37-21-18-34-14-10-7-2)42-28-25-38-22-19-35-15-11-8-3/h4,6-29H2,1-3,5H3. The lowest BCUT2D eigenvalue weighted by Gasteiger charge is -2.30. The first kappa shape index (κ1) is 42.1. The molecule has 0 saturated carbocycles. The minimum Gasteiger partial charge on any atom is -0.462 e. The number of esters is 1. The summed E-state index contributed by atoms with van der Waals surface area (Å²) in [6.07, 6.45) is 6.93. The van der Waals surface area contributed by atoms with Crippen LogP contribution in [0.5, 0.6) is 0 Å². The first-order chi connectivity index (χ1) is 21.0. The zero-order chi connectivity index (χ0) is 31.7. The second-order valence-corrected chi connectivity index (χ2v) is 12.7. The van der Waals surface area contributed by atoms with Gasteiger partial charge in [-0.1, -0.05) is 46.6 Å². The van der Waals surface area contributed by atoms with Crippen molar-refractivity contribution in [1.29, 1.82) is 0 Å². The second-order valence-electron chi connectivity index (χ2n) is 9.98. The fourth-order valence-corrected chi connectivity index (χ4v) is 5.84. The Morgan fingerprint density at radius 1 is 0.488 bits per heavy atom. The number of unbranched alkanes of at least 4 members (excludes halogenated alkanes) is 3. The van der Waals surface area contributed by atoms with Gasteiger partial charge in [0.05, 0.1) is 85.9 Å². The van der Waals surface area contributed by atoms with Gasteiger partial charge in [-0.05, 0) is 32.6 Å². The van der Waals surface area contributed by atoms with Crippen molar-refractivity contribution in [2.45, 2.75) is 78.7 Å². The summed E-state index contributed by atoms with van der Waals surface area (Å²) in [4.78, 5) is 11.8. The van der Waals surface area contributed by atoms with Crippen molar-refractivity contribution in [1.82, 2.24) is 0 Å². The van der Waals surface area contributed by atoms with Crippen molar-refractivity contribution >= 4 is 14.8 Å². The zero-order valence-corrected chi connectivity index (χ0v) is 28.7. The molecule has 0 rings (SSSR count). The quantitative estimate of drug-likeness (QED) is 0.0406. The molecule has 256 valence electrons. The maximum atomic E-state index is 11.8. The summed E-state index contributed by atoms with van der Waals surface area (Å²) in [5, 5.41) is 0. The average Bonchev–Trinajstić information content (AvgIpc) is 3.00. The Morgan fingerprint density at radius 2 is 0.814 bits per heavy atom. The number of rotatable bonds is 35. The van der Waals surface area contributed by atoms with Crippen molar-refractivity contribution in [2.75, 3.05) is 106 Å². The first-order valence-electron chi connectivity index (χ1n) is 16.2. The molecule has 0 spiro atoms. The van der Waals surface area contributed by atoms with Crippen LogP contribution < -0.4 is 0 Å². The normalized spacial score (nSPS) is 11.7. The van der Waals surface area contributed by atoms with Crippen LogP contribution in [0.15, 0.2) is 12.2 Å². The van der Waals surface area contributed by atoms with E-state index < -0.39 is 14.8 Å². The van der Waals surface area contributed by atoms with Gasteiger partial charge in [-0.2, -0.15) is 0 Å². The lowest BCUT2D eigenvalue weighted by molar-refractivity contribution is -0.139. The number of carbonyl (C=O) groups excluding carboxylic acids is 1. The highest BCUT2D eigenvalue weighted by atomic mass is 28.4. The molecule has 0 bridgehead atoms. The van der Waals surface area contributed by atoms with E-state index in [1.165, 1.54) is 0 Å². The van der Waals surface area contributed by atoms with Gasteiger partial charge in [0, 0.05) is 31.4 Å². The second kappa shape index (κ2) is 32.5. The topological polar surface area (TPSA) is 109 Å². The molecule has 0 amide bonds. The molecular weight excluding hydrogens is 576 g/mol. The fraction of sp³-hybridized carbons (Fsp3) is 0.903. The van der Waals surface area contributed by atoms with Crippen LogP contribution in [0.2, 0.25) is 6.04 Å².